The van der Waals surface area contributed by atoms with Gasteiger partial charge in [0, 0.05) is 18.8 Å². The van der Waals surface area contributed by atoms with E-state index in [-0.39, 0.29) is 0 Å². The van der Waals surface area contributed by atoms with E-state index in [2.05, 4.69) is 15.1 Å². The van der Waals surface area contributed by atoms with Crippen LogP contribution < -0.4 is 4.90 Å². The molecule has 0 N–H and O–H groups in total. The Morgan fingerprint density at radius 1 is 0.680 bits per heavy atom. The number of anilines is 1. The van der Waals surface area contributed by atoms with Crippen molar-refractivity contribution in [3.05, 3.63) is 54.1 Å². The van der Waals surface area contributed by atoms with Gasteiger partial charge in [-0.3, -0.25) is 0 Å². The Morgan fingerprint density at radius 3 is 1.64 bits per heavy atom. The minimum Gasteiger partial charge on any atom is -0.372 e. The minimum atomic E-state index is -4.33. The molecule has 132 valence electrons. The highest BCUT2D eigenvalue weighted by molar-refractivity contribution is 5.53. The SMILES string of the molecule is FC(F)(F)c1ccc(N=Nc2ccc(N3CCCCCC3)cc2)cc1. The lowest BCUT2D eigenvalue weighted by atomic mass is 10.2. The number of rotatable bonds is 3. The summed E-state index contributed by atoms with van der Waals surface area (Å²) in [6, 6.07) is 12.5. The van der Waals surface area contributed by atoms with Crippen molar-refractivity contribution in [1.29, 1.82) is 0 Å². The zero-order valence-electron chi connectivity index (χ0n) is 13.8. The largest absolute Gasteiger partial charge is 0.416 e. The highest BCUT2D eigenvalue weighted by Crippen LogP contribution is 2.31. The smallest absolute Gasteiger partial charge is 0.372 e. The van der Waals surface area contributed by atoms with Crippen LogP contribution in [0.5, 0.6) is 0 Å². The van der Waals surface area contributed by atoms with Crippen molar-refractivity contribution < 1.29 is 13.2 Å². The molecular weight excluding hydrogens is 327 g/mol. The van der Waals surface area contributed by atoms with Gasteiger partial charge in [-0.05, 0) is 61.4 Å². The molecule has 0 spiro atoms. The van der Waals surface area contributed by atoms with E-state index in [0.717, 1.165) is 25.2 Å². The van der Waals surface area contributed by atoms with Crippen molar-refractivity contribution in [3.63, 3.8) is 0 Å². The fourth-order valence-corrected chi connectivity index (χ4v) is 2.89. The summed E-state index contributed by atoms with van der Waals surface area (Å²) in [6.45, 7) is 2.15. The molecule has 3 rings (SSSR count). The zero-order valence-corrected chi connectivity index (χ0v) is 13.8. The van der Waals surface area contributed by atoms with E-state index in [0.29, 0.717) is 11.4 Å². The zero-order chi connectivity index (χ0) is 17.7. The van der Waals surface area contributed by atoms with Crippen LogP contribution in [0, 0.1) is 0 Å². The average molecular weight is 347 g/mol. The number of nitrogens with zero attached hydrogens (tertiary/aromatic N) is 3. The molecule has 1 aliphatic heterocycles. The molecule has 6 heteroatoms. The maximum absolute atomic E-state index is 12.5. The molecule has 1 saturated heterocycles. The fourth-order valence-electron chi connectivity index (χ4n) is 2.89. The van der Waals surface area contributed by atoms with Gasteiger partial charge in [0.2, 0.25) is 0 Å². The van der Waals surface area contributed by atoms with Crippen LogP contribution in [0.3, 0.4) is 0 Å². The van der Waals surface area contributed by atoms with E-state index < -0.39 is 11.7 Å². The monoisotopic (exact) mass is 347 g/mol. The third-order valence-electron chi connectivity index (χ3n) is 4.30. The van der Waals surface area contributed by atoms with Crippen LogP contribution in [0.25, 0.3) is 0 Å². The van der Waals surface area contributed by atoms with Gasteiger partial charge in [-0.1, -0.05) is 12.8 Å². The molecule has 0 saturated carbocycles. The Kier molecular flexibility index (Phi) is 5.36. The second-order valence-electron chi connectivity index (χ2n) is 6.16. The molecule has 0 amide bonds. The first-order valence-corrected chi connectivity index (χ1v) is 8.46. The van der Waals surface area contributed by atoms with Gasteiger partial charge in [0.25, 0.3) is 0 Å². The van der Waals surface area contributed by atoms with E-state index >= 15 is 0 Å². The number of azo groups is 1. The Bertz CT molecular complexity index is 698. The topological polar surface area (TPSA) is 28.0 Å². The van der Waals surface area contributed by atoms with Gasteiger partial charge in [-0.15, -0.1) is 0 Å². The summed E-state index contributed by atoms with van der Waals surface area (Å²) >= 11 is 0. The molecule has 0 radical (unpaired) electrons. The predicted octanol–water partition coefficient (Wildman–Crippen LogP) is 6.50. The van der Waals surface area contributed by atoms with Crippen molar-refractivity contribution in [2.75, 3.05) is 18.0 Å². The van der Waals surface area contributed by atoms with Crippen molar-refractivity contribution >= 4 is 17.1 Å². The van der Waals surface area contributed by atoms with Crippen LogP contribution in [0.2, 0.25) is 0 Å². The first-order chi connectivity index (χ1) is 12.0. The molecule has 1 heterocycles. The first-order valence-electron chi connectivity index (χ1n) is 8.46. The second kappa shape index (κ2) is 7.68. The van der Waals surface area contributed by atoms with Crippen LogP contribution >= 0.6 is 0 Å². The molecule has 2 aromatic carbocycles. The molecule has 0 unspecified atom stereocenters. The highest BCUT2D eigenvalue weighted by atomic mass is 19.4. The first kappa shape index (κ1) is 17.5. The number of hydrogen-bond donors (Lipinski definition) is 0. The predicted molar refractivity (Wildman–Crippen MR) is 92.7 cm³/mol. The number of halogens is 3. The normalized spacial score (nSPS) is 16.2. The quantitative estimate of drug-likeness (QED) is 0.582. The van der Waals surface area contributed by atoms with Crippen LogP contribution in [-0.4, -0.2) is 13.1 Å². The van der Waals surface area contributed by atoms with Crippen molar-refractivity contribution in [1.82, 2.24) is 0 Å². The number of hydrogen-bond acceptors (Lipinski definition) is 3. The maximum Gasteiger partial charge on any atom is 0.416 e. The van der Waals surface area contributed by atoms with Crippen molar-refractivity contribution in [3.8, 4) is 0 Å². The molecule has 0 atom stereocenters. The molecule has 0 aliphatic carbocycles. The minimum absolute atomic E-state index is 0.393. The van der Waals surface area contributed by atoms with E-state index in [9.17, 15) is 13.2 Å². The molecule has 1 fully saturated rings. The van der Waals surface area contributed by atoms with E-state index in [4.69, 9.17) is 0 Å². The van der Waals surface area contributed by atoms with Crippen LogP contribution in [0.4, 0.5) is 30.2 Å². The summed E-state index contributed by atoms with van der Waals surface area (Å²) in [5.74, 6) is 0. The van der Waals surface area contributed by atoms with E-state index in [1.165, 1.54) is 43.5 Å². The average Bonchev–Trinajstić information content (AvgIpc) is 2.89. The third-order valence-corrected chi connectivity index (χ3v) is 4.30. The molecule has 3 nitrogen and oxygen atoms in total. The van der Waals surface area contributed by atoms with Gasteiger partial charge in [-0.25, -0.2) is 0 Å². The molecule has 2 aromatic rings. The van der Waals surface area contributed by atoms with Crippen molar-refractivity contribution in [2.45, 2.75) is 31.9 Å². The number of benzene rings is 2. The van der Waals surface area contributed by atoms with Crippen LogP contribution in [0.1, 0.15) is 31.2 Å². The van der Waals surface area contributed by atoms with Crippen molar-refractivity contribution in [2.24, 2.45) is 10.2 Å². The van der Waals surface area contributed by atoms with E-state index in [1.54, 1.807) is 0 Å². The summed E-state index contributed by atoms with van der Waals surface area (Å²) in [7, 11) is 0. The maximum atomic E-state index is 12.5. The van der Waals surface area contributed by atoms with Gasteiger partial charge >= 0.3 is 6.18 Å². The van der Waals surface area contributed by atoms with Gasteiger partial charge in [0.05, 0.1) is 16.9 Å². The lowest BCUT2D eigenvalue weighted by Crippen LogP contribution is -2.23. The standard InChI is InChI=1S/C19H20F3N3/c20-19(21,22)15-5-7-16(8-6-15)23-24-17-9-11-18(12-10-17)25-13-3-1-2-4-14-25/h5-12H,1-4,13-14H2. The Hall–Kier alpha value is -2.37. The second-order valence-corrected chi connectivity index (χ2v) is 6.16. The van der Waals surface area contributed by atoms with E-state index in [1.807, 2.05) is 24.3 Å². The van der Waals surface area contributed by atoms with Gasteiger partial charge in [0.1, 0.15) is 0 Å². The highest BCUT2D eigenvalue weighted by Gasteiger charge is 2.29. The Morgan fingerprint density at radius 2 is 1.16 bits per heavy atom. The number of alkyl halides is 3. The Balaban J connectivity index is 1.65. The molecule has 25 heavy (non-hydrogen) atoms. The lowest BCUT2D eigenvalue weighted by Gasteiger charge is -2.22. The molecular formula is C19H20F3N3. The van der Waals surface area contributed by atoms with Gasteiger partial charge in [-0.2, -0.15) is 23.4 Å². The summed E-state index contributed by atoms with van der Waals surface area (Å²) in [5, 5.41) is 8.10. The van der Waals surface area contributed by atoms with Gasteiger partial charge in [0.15, 0.2) is 0 Å². The van der Waals surface area contributed by atoms with Gasteiger partial charge < -0.3 is 4.90 Å². The molecule has 1 aliphatic rings. The molecule has 0 bridgehead atoms. The summed E-state index contributed by atoms with van der Waals surface area (Å²) in [5.41, 5.74) is 1.56. The Labute approximate surface area is 145 Å². The van der Waals surface area contributed by atoms with Crippen LogP contribution in [0.15, 0.2) is 58.8 Å². The summed E-state index contributed by atoms with van der Waals surface area (Å²) in [4.78, 5) is 2.38. The fraction of sp³-hybridized carbons (Fsp3) is 0.368. The molecule has 0 aromatic heterocycles. The lowest BCUT2D eigenvalue weighted by molar-refractivity contribution is -0.137. The summed E-state index contributed by atoms with van der Waals surface area (Å²) < 4.78 is 37.6. The summed E-state index contributed by atoms with van der Waals surface area (Å²) in [6.07, 6.45) is 0.676. The third kappa shape index (κ3) is 4.81. The van der Waals surface area contributed by atoms with Crippen LogP contribution in [-0.2, 0) is 6.18 Å².